The SMILES string of the molecule is CC=Cc1ccc(OCC(O)CN(C)Cc2ccc3c(c2)OCCO3)c(OC)c1. The molecule has 2 aromatic rings. The molecule has 29 heavy (non-hydrogen) atoms. The van der Waals surface area contributed by atoms with Gasteiger partial charge in [0.05, 0.1) is 7.11 Å². The minimum absolute atomic E-state index is 0.185. The van der Waals surface area contributed by atoms with Crippen molar-refractivity contribution in [2.24, 2.45) is 0 Å². The molecule has 1 N–H and O–H groups in total. The Morgan fingerprint density at radius 3 is 2.66 bits per heavy atom. The first-order valence-electron chi connectivity index (χ1n) is 9.77. The van der Waals surface area contributed by atoms with Crippen molar-refractivity contribution in [3.8, 4) is 23.0 Å². The molecule has 6 heteroatoms. The highest BCUT2D eigenvalue weighted by atomic mass is 16.6. The normalized spacial score (nSPS) is 14.2. The topological polar surface area (TPSA) is 60.4 Å². The van der Waals surface area contributed by atoms with Crippen molar-refractivity contribution in [1.82, 2.24) is 4.90 Å². The number of aliphatic hydroxyl groups excluding tert-OH is 1. The largest absolute Gasteiger partial charge is 0.493 e. The highest BCUT2D eigenvalue weighted by molar-refractivity contribution is 5.55. The summed E-state index contributed by atoms with van der Waals surface area (Å²) < 4.78 is 22.4. The first kappa shape index (κ1) is 21.0. The van der Waals surface area contributed by atoms with Gasteiger partial charge in [-0.3, -0.25) is 4.90 Å². The molecule has 0 fully saturated rings. The van der Waals surface area contributed by atoms with Crippen LogP contribution in [0, 0.1) is 0 Å². The number of allylic oxidation sites excluding steroid dienone is 1. The van der Waals surface area contributed by atoms with Gasteiger partial charge in [0.15, 0.2) is 23.0 Å². The number of nitrogens with zero attached hydrogens (tertiary/aromatic N) is 1. The second-order valence-corrected chi connectivity index (χ2v) is 7.05. The summed E-state index contributed by atoms with van der Waals surface area (Å²) in [6.07, 6.45) is 3.34. The number of benzene rings is 2. The minimum atomic E-state index is -0.628. The van der Waals surface area contributed by atoms with E-state index in [0.717, 1.165) is 22.6 Å². The van der Waals surface area contributed by atoms with E-state index in [2.05, 4.69) is 0 Å². The average Bonchev–Trinajstić information content (AvgIpc) is 2.72. The minimum Gasteiger partial charge on any atom is -0.493 e. The maximum Gasteiger partial charge on any atom is 0.161 e. The van der Waals surface area contributed by atoms with E-state index in [4.69, 9.17) is 18.9 Å². The van der Waals surface area contributed by atoms with E-state index >= 15 is 0 Å². The fraction of sp³-hybridized carbons (Fsp3) is 0.391. The zero-order valence-electron chi connectivity index (χ0n) is 17.3. The molecule has 3 rings (SSSR count). The number of hydrogen-bond donors (Lipinski definition) is 1. The van der Waals surface area contributed by atoms with E-state index in [0.29, 0.717) is 37.8 Å². The van der Waals surface area contributed by atoms with Gasteiger partial charge >= 0.3 is 0 Å². The van der Waals surface area contributed by atoms with Crippen LogP contribution in [0.1, 0.15) is 18.1 Å². The van der Waals surface area contributed by atoms with E-state index in [1.54, 1.807) is 7.11 Å². The second kappa shape index (κ2) is 10.2. The fourth-order valence-corrected chi connectivity index (χ4v) is 3.26. The van der Waals surface area contributed by atoms with Crippen LogP contribution < -0.4 is 18.9 Å². The Morgan fingerprint density at radius 2 is 1.90 bits per heavy atom. The summed E-state index contributed by atoms with van der Waals surface area (Å²) in [5.74, 6) is 2.83. The predicted molar refractivity (Wildman–Crippen MR) is 113 cm³/mol. The molecule has 156 valence electrons. The summed E-state index contributed by atoms with van der Waals surface area (Å²) in [5.41, 5.74) is 2.14. The summed E-state index contributed by atoms with van der Waals surface area (Å²) in [4.78, 5) is 2.05. The van der Waals surface area contributed by atoms with Crippen molar-refractivity contribution in [3.63, 3.8) is 0 Å². The van der Waals surface area contributed by atoms with Crippen molar-refractivity contribution in [2.75, 3.05) is 40.5 Å². The molecule has 0 spiro atoms. The molecular formula is C23H29NO5. The predicted octanol–water partition coefficient (Wildman–Crippen LogP) is 3.37. The smallest absolute Gasteiger partial charge is 0.161 e. The third-order valence-electron chi connectivity index (χ3n) is 4.56. The summed E-state index contributed by atoms with van der Waals surface area (Å²) in [6.45, 7) is 4.48. The van der Waals surface area contributed by atoms with Gasteiger partial charge in [-0.1, -0.05) is 24.3 Å². The van der Waals surface area contributed by atoms with Crippen LogP contribution in [0.25, 0.3) is 6.08 Å². The maximum absolute atomic E-state index is 10.4. The molecule has 0 amide bonds. The Bertz CT molecular complexity index is 836. The molecular weight excluding hydrogens is 370 g/mol. The van der Waals surface area contributed by atoms with Gasteiger partial charge in [0.1, 0.15) is 25.9 Å². The first-order chi connectivity index (χ1) is 14.1. The van der Waals surface area contributed by atoms with Crippen molar-refractivity contribution in [1.29, 1.82) is 0 Å². The number of ether oxygens (including phenoxy) is 4. The summed E-state index contributed by atoms with van der Waals surface area (Å²) in [5, 5.41) is 10.4. The molecule has 0 bridgehead atoms. The third-order valence-corrected chi connectivity index (χ3v) is 4.56. The Balaban J connectivity index is 1.51. The highest BCUT2D eigenvalue weighted by Gasteiger charge is 2.15. The van der Waals surface area contributed by atoms with Crippen molar-refractivity contribution in [3.05, 3.63) is 53.6 Å². The lowest BCUT2D eigenvalue weighted by Gasteiger charge is -2.23. The Labute approximate surface area is 172 Å². The van der Waals surface area contributed by atoms with Crippen LogP contribution in [-0.4, -0.2) is 56.6 Å². The zero-order valence-corrected chi connectivity index (χ0v) is 17.3. The van der Waals surface area contributed by atoms with Gasteiger partial charge < -0.3 is 24.1 Å². The van der Waals surface area contributed by atoms with Crippen molar-refractivity contribution < 1.29 is 24.1 Å². The summed E-state index contributed by atoms with van der Waals surface area (Å²) in [7, 11) is 3.58. The standard InChI is InChI=1S/C23H29NO5/c1-4-5-17-6-8-20(22(12-17)26-3)29-16-19(25)15-24(2)14-18-7-9-21-23(13-18)28-11-10-27-21/h4-9,12-13,19,25H,10-11,14-16H2,1-3H3. The lowest BCUT2D eigenvalue weighted by Crippen LogP contribution is -2.32. The first-order valence-corrected chi connectivity index (χ1v) is 9.77. The van der Waals surface area contributed by atoms with E-state index in [1.165, 1.54) is 0 Å². The fourth-order valence-electron chi connectivity index (χ4n) is 3.26. The molecule has 6 nitrogen and oxygen atoms in total. The van der Waals surface area contributed by atoms with Crippen LogP contribution in [0.2, 0.25) is 0 Å². The molecule has 1 atom stereocenters. The molecule has 2 aromatic carbocycles. The average molecular weight is 399 g/mol. The number of aliphatic hydroxyl groups is 1. The van der Waals surface area contributed by atoms with Gasteiger partial charge in [0, 0.05) is 13.1 Å². The van der Waals surface area contributed by atoms with Gasteiger partial charge in [-0.15, -0.1) is 0 Å². The number of hydrogen-bond acceptors (Lipinski definition) is 6. The summed E-state index contributed by atoms with van der Waals surface area (Å²) >= 11 is 0. The van der Waals surface area contributed by atoms with E-state index in [9.17, 15) is 5.11 Å². The Morgan fingerprint density at radius 1 is 1.10 bits per heavy atom. The number of methoxy groups -OCH3 is 1. The van der Waals surface area contributed by atoms with Crippen LogP contribution >= 0.6 is 0 Å². The monoisotopic (exact) mass is 399 g/mol. The number of fused-ring (bicyclic) bond motifs is 1. The van der Waals surface area contributed by atoms with Crippen LogP contribution in [0.4, 0.5) is 0 Å². The summed E-state index contributed by atoms with van der Waals surface area (Å²) in [6, 6.07) is 11.7. The van der Waals surface area contributed by atoms with Crippen molar-refractivity contribution >= 4 is 6.08 Å². The van der Waals surface area contributed by atoms with E-state index < -0.39 is 6.10 Å². The molecule has 1 aliphatic heterocycles. The van der Waals surface area contributed by atoms with Gasteiger partial charge in [-0.25, -0.2) is 0 Å². The maximum atomic E-state index is 10.4. The van der Waals surface area contributed by atoms with Gasteiger partial charge in [0.2, 0.25) is 0 Å². The van der Waals surface area contributed by atoms with Gasteiger partial charge in [-0.2, -0.15) is 0 Å². The molecule has 0 aromatic heterocycles. The quantitative estimate of drug-likeness (QED) is 0.698. The molecule has 0 radical (unpaired) electrons. The lowest BCUT2D eigenvalue weighted by molar-refractivity contribution is 0.0732. The molecule has 0 saturated carbocycles. The second-order valence-electron chi connectivity index (χ2n) is 7.05. The van der Waals surface area contributed by atoms with Crippen molar-refractivity contribution in [2.45, 2.75) is 19.6 Å². The van der Waals surface area contributed by atoms with Crippen LogP contribution in [0.15, 0.2) is 42.5 Å². The molecule has 0 aliphatic carbocycles. The van der Waals surface area contributed by atoms with E-state index in [-0.39, 0.29) is 6.61 Å². The van der Waals surface area contributed by atoms with Gasteiger partial charge in [0.25, 0.3) is 0 Å². The molecule has 1 unspecified atom stereocenters. The molecule has 1 heterocycles. The van der Waals surface area contributed by atoms with Crippen LogP contribution in [0.5, 0.6) is 23.0 Å². The van der Waals surface area contributed by atoms with Gasteiger partial charge in [-0.05, 0) is 49.4 Å². The van der Waals surface area contributed by atoms with Crippen LogP contribution in [-0.2, 0) is 6.54 Å². The molecule has 0 saturated heterocycles. The number of likely N-dealkylation sites (N-methyl/N-ethyl adjacent to an activating group) is 1. The lowest BCUT2D eigenvalue weighted by atomic mass is 10.1. The highest BCUT2D eigenvalue weighted by Crippen LogP contribution is 2.31. The zero-order chi connectivity index (χ0) is 20.6. The third kappa shape index (κ3) is 5.89. The number of rotatable bonds is 9. The van der Waals surface area contributed by atoms with E-state index in [1.807, 2.05) is 67.4 Å². The Kier molecular flexibility index (Phi) is 7.38. The van der Waals surface area contributed by atoms with Crippen LogP contribution in [0.3, 0.4) is 0 Å². The Hall–Kier alpha value is -2.70. The molecule has 1 aliphatic rings.